The smallest absolute Gasteiger partial charge is 0.337 e. The number of carbonyl (C=O) groups is 1. The second-order valence-electron chi connectivity index (χ2n) is 5.82. The molecule has 0 aromatic heterocycles. The van der Waals surface area contributed by atoms with Crippen molar-refractivity contribution in [2.24, 2.45) is 5.41 Å². The summed E-state index contributed by atoms with van der Waals surface area (Å²) in [6.45, 7) is 4.50. The van der Waals surface area contributed by atoms with Gasteiger partial charge in [0.2, 0.25) is 7.07 Å². The molecule has 0 saturated carbocycles. The maximum Gasteiger partial charge on any atom is 0.337 e. The van der Waals surface area contributed by atoms with Crippen LogP contribution in [0.4, 0.5) is 0 Å². The molecule has 23 heavy (non-hydrogen) atoms. The molecule has 0 bridgehead atoms. The van der Waals surface area contributed by atoms with Crippen molar-refractivity contribution in [3.8, 4) is 0 Å². The third kappa shape index (κ3) is 4.65. The van der Waals surface area contributed by atoms with Gasteiger partial charge in [-0.3, -0.25) is 0 Å². The minimum Gasteiger partial charge on any atom is -0.471 e. The quantitative estimate of drug-likeness (QED) is 0.486. The molecular weight excluding hydrogens is 361 g/mol. The Labute approximate surface area is 141 Å². The number of carbonyl (C=O) groups excluding carboxylic acids is 1. The van der Waals surface area contributed by atoms with Gasteiger partial charge >= 0.3 is 5.97 Å². The van der Waals surface area contributed by atoms with E-state index in [2.05, 4.69) is 9.23 Å². The lowest BCUT2D eigenvalue weighted by atomic mass is 9.97. The Balaban J connectivity index is 2.14. The highest BCUT2D eigenvalue weighted by atomic mass is 32.7. The van der Waals surface area contributed by atoms with Gasteiger partial charge in [-0.25, -0.2) is 22.3 Å². The molecule has 7 nitrogen and oxygen atoms in total. The second kappa shape index (κ2) is 6.66. The van der Waals surface area contributed by atoms with Crippen LogP contribution in [0.1, 0.15) is 24.2 Å². The molecule has 0 spiro atoms. The first-order chi connectivity index (χ1) is 10.6. The summed E-state index contributed by atoms with van der Waals surface area (Å²) in [5.41, 5.74) is 0.0388. The molecule has 1 heterocycles. The zero-order valence-electron chi connectivity index (χ0n) is 12.9. The Bertz CT molecular complexity index is 679. The molecule has 128 valence electrons. The van der Waals surface area contributed by atoms with Crippen LogP contribution in [-0.2, 0) is 36.1 Å². The van der Waals surface area contributed by atoms with Crippen molar-refractivity contribution in [2.45, 2.75) is 18.7 Å². The van der Waals surface area contributed by atoms with E-state index in [9.17, 15) is 13.2 Å². The average Bonchev–Trinajstić information content (AvgIpc) is 2.50. The summed E-state index contributed by atoms with van der Waals surface area (Å²) >= 11 is 5.19. The number of sulfonamides is 1. The van der Waals surface area contributed by atoms with Crippen molar-refractivity contribution in [1.29, 1.82) is 0 Å². The summed E-state index contributed by atoms with van der Waals surface area (Å²) in [6, 6.07) is 5.31. The van der Waals surface area contributed by atoms with E-state index in [0.29, 0.717) is 13.2 Å². The van der Waals surface area contributed by atoms with Crippen LogP contribution >= 0.6 is 7.07 Å². The van der Waals surface area contributed by atoms with Crippen LogP contribution in [0.5, 0.6) is 0 Å². The summed E-state index contributed by atoms with van der Waals surface area (Å²) in [6.07, 6.45) is 0. The Morgan fingerprint density at radius 1 is 1.26 bits per heavy atom. The Hall–Kier alpha value is -0.700. The summed E-state index contributed by atoms with van der Waals surface area (Å²) < 4.78 is 42.6. The molecule has 0 amide bonds. The van der Waals surface area contributed by atoms with Crippen LogP contribution in [0.3, 0.4) is 0 Å². The molecule has 1 aliphatic rings. The average molecular weight is 379 g/mol. The van der Waals surface area contributed by atoms with E-state index in [1.165, 1.54) is 31.4 Å². The summed E-state index contributed by atoms with van der Waals surface area (Å²) in [5, 5.41) is 0. The molecule has 0 atom stereocenters. The molecule has 1 saturated heterocycles. The first kappa shape index (κ1) is 18.6. The first-order valence-corrected chi connectivity index (χ1v) is 10.8. The second-order valence-corrected chi connectivity index (χ2v) is 11.0. The zero-order valence-corrected chi connectivity index (χ0v) is 15.5. The number of ether oxygens (including phenoxy) is 1. The molecule has 0 unspecified atom stereocenters. The molecule has 10 heteroatoms. The Kier molecular flexibility index (Phi) is 5.40. The molecule has 1 fully saturated rings. The highest BCUT2D eigenvalue weighted by molar-refractivity contribution is 8.39. The van der Waals surface area contributed by atoms with E-state index < -0.39 is 23.1 Å². The van der Waals surface area contributed by atoms with Gasteiger partial charge in [-0.1, -0.05) is 13.8 Å². The van der Waals surface area contributed by atoms with Crippen LogP contribution in [0.2, 0.25) is 0 Å². The number of methoxy groups -OCH3 is 1. The van der Waals surface area contributed by atoms with E-state index >= 15 is 0 Å². The van der Waals surface area contributed by atoms with Crippen molar-refractivity contribution in [1.82, 2.24) is 4.49 Å². The highest BCUT2D eigenvalue weighted by Crippen LogP contribution is 2.60. The van der Waals surface area contributed by atoms with E-state index in [1.54, 1.807) is 0 Å². The van der Waals surface area contributed by atoms with Gasteiger partial charge in [0.1, 0.15) is 13.2 Å². The van der Waals surface area contributed by atoms with Crippen molar-refractivity contribution in [3.05, 3.63) is 29.8 Å². The van der Waals surface area contributed by atoms with Crippen LogP contribution in [0.25, 0.3) is 0 Å². The zero-order chi connectivity index (χ0) is 17.3. The fourth-order valence-corrected chi connectivity index (χ4v) is 6.57. The molecule has 0 radical (unpaired) electrons. The third-order valence-corrected chi connectivity index (χ3v) is 8.06. The van der Waals surface area contributed by atoms with Crippen LogP contribution in [0, 0.1) is 5.41 Å². The molecular formula is C13H18NO6PS2. The lowest BCUT2D eigenvalue weighted by molar-refractivity contribution is 0.0570. The minimum atomic E-state index is -3.91. The Morgan fingerprint density at radius 3 is 2.26 bits per heavy atom. The summed E-state index contributed by atoms with van der Waals surface area (Å²) in [7, 11) is -5.78. The van der Waals surface area contributed by atoms with Crippen LogP contribution in [0.15, 0.2) is 29.2 Å². The van der Waals surface area contributed by atoms with Gasteiger partial charge in [0, 0.05) is 5.41 Å². The van der Waals surface area contributed by atoms with Crippen molar-refractivity contribution < 1.29 is 27.0 Å². The van der Waals surface area contributed by atoms with Gasteiger partial charge in [0.25, 0.3) is 10.0 Å². The van der Waals surface area contributed by atoms with Crippen LogP contribution < -0.4 is 4.49 Å². The molecule has 1 aliphatic heterocycles. The van der Waals surface area contributed by atoms with Gasteiger partial charge in [-0.2, -0.15) is 0 Å². The maximum atomic E-state index is 12.4. The van der Waals surface area contributed by atoms with E-state index in [-0.39, 0.29) is 15.9 Å². The fraction of sp³-hybridized carbons (Fsp3) is 0.462. The number of hydrogen-bond acceptors (Lipinski definition) is 7. The monoisotopic (exact) mass is 379 g/mol. The molecule has 1 aromatic rings. The van der Waals surface area contributed by atoms with E-state index in [4.69, 9.17) is 21.3 Å². The predicted molar refractivity (Wildman–Crippen MR) is 88.1 cm³/mol. The molecule has 0 aliphatic carbocycles. The SMILES string of the molecule is COC(=O)c1ccc(S(=O)(=O)N[P+]2([S-])OCC(C)(C)CO2)cc1. The lowest BCUT2D eigenvalue weighted by Gasteiger charge is -2.38. The minimum absolute atomic E-state index is 0.0357. The van der Waals surface area contributed by atoms with Crippen molar-refractivity contribution in [3.63, 3.8) is 0 Å². The number of hydrogen-bond donors (Lipinski definition) is 1. The normalized spacial score (nSPS) is 20.0. The third-order valence-electron chi connectivity index (χ3n) is 3.07. The molecule has 1 N–H and O–H groups in total. The first-order valence-electron chi connectivity index (χ1n) is 6.69. The van der Waals surface area contributed by atoms with E-state index in [0.717, 1.165) is 0 Å². The summed E-state index contributed by atoms with van der Waals surface area (Å²) in [4.78, 5) is 11.3. The summed E-state index contributed by atoms with van der Waals surface area (Å²) in [5.74, 6) is -0.546. The van der Waals surface area contributed by atoms with Crippen molar-refractivity contribution >= 4 is 35.3 Å². The lowest BCUT2D eigenvalue weighted by Crippen LogP contribution is -2.36. The topological polar surface area (TPSA) is 90.9 Å². The number of rotatable bonds is 4. The van der Waals surface area contributed by atoms with Gasteiger partial charge in [0.15, 0.2) is 0 Å². The maximum absolute atomic E-state index is 12.4. The van der Waals surface area contributed by atoms with Gasteiger partial charge in [-0.15, -0.1) is 0 Å². The van der Waals surface area contributed by atoms with Gasteiger partial charge < -0.3 is 17.0 Å². The highest BCUT2D eigenvalue weighted by Gasteiger charge is 2.42. The van der Waals surface area contributed by atoms with E-state index in [1.807, 2.05) is 13.8 Å². The standard InChI is InChI=1S/C13H18NO6PS2/c1-13(2)8-19-21(22,20-9-13)14-23(16,17)11-6-4-10(5-7-11)12(15)18-3/h4-7H,8-9H2,1-3H3,(H,14,22). The van der Waals surface area contributed by atoms with Crippen molar-refractivity contribution in [2.75, 3.05) is 20.3 Å². The largest absolute Gasteiger partial charge is 0.471 e. The van der Waals surface area contributed by atoms with Crippen LogP contribution in [-0.4, -0.2) is 34.7 Å². The molecule has 2 rings (SSSR count). The fourth-order valence-electron chi connectivity index (χ4n) is 1.74. The number of benzene rings is 1. The number of esters is 1. The van der Waals surface area contributed by atoms with Gasteiger partial charge in [-0.05, 0) is 28.8 Å². The molecule has 1 aromatic carbocycles. The predicted octanol–water partition coefficient (Wildman–Crippen LogP) is 2.05. The Morgan fingerprint density at radius 2 is 1.78 bits per heavy atom. The van der Waals surface area contributed by atoms with Gasteiger partial charge in [0.05, 0.1) is 17.6 Å². The number of nitrogens with one attached hydrogen (secondary N) is 1.